The van der Waals surface area contributed by atoms with Gasteiger partial charge in [-0.2, -0.15) is 0 Å². The summed E-state index contributed by atoms with van der Waals surface area (Å²) in [4.78, 5) is 1.26. The maximum Gasteiger partial charge on any atom is 0.0843 e. The highest BCUT2D eigenvalue weighted by atomic mass is 79.9. The lowest BCUT2D eigenvalue weighted by molar-refractivity contribution is 0.639. The Kier molecular flexibility index (Phi) is 5.27. The molecule has 0 spiro atoms. The number of benzene rings is 1. The summed E-state index contributed by atoms with van der Waals surface area (Å²) < 4.78 is 2.20. The lowest BCUT2D eigenvalue weighted by Gasteiger charge is -2.17. The number of hydrogen-bond acceptors (Lipinski definition) is 2. The third-order valence-electron chi connectivity index (χ3n) is 2.54. The van der Waals surface area contributed by atoms with Crippen LogP contribution in [0, 0.1) is 0 Å². The highest BCUT2D eigenvalue weighted by Crippen LogP contribution is 2.37. The SMILES string of the molecule is CCNC(c1cccc(Cl)c1)c1cc(Br)c(Br)s1. The standard InChI is InChI=1S/C13H12Br2ClNS/c1-2-17-12(8-4-3-5-9(16)6-8)11-7-10(14)13(15)18-11/h3-7,12,17H,2H2,1H3. The summed E-state index contributed by atoms with van der Waals surface area (Å²) in [6.07, 6.45) is 0. The van der Waals surface area contributed by atoms with Crippen molar-refractivity contribution in [3.63, 3.8) is 0 Å². The van der Waals surface area contributed by atoms with E-state index in [1.54, 1.807) is 11.3 Å². The molecule has 2 aromatic rings. The maximum atomic E-state index is 6.07. The van der Waals surface area contributed by atoms with Crippen molar-refractivity contribution >= 4 is 54.8 Å². The van der Waals surface area contributed by atoms with E-state index in [9.17, 15) is 0 Å². The largest absolute Gasteiger partial charge is 0.306 e. The van der Waals surface area contributed by atoms with Crippen molar-refractivity contribution in [1.29, 1.82) is 0 Å². The number of rotatable bonds is 4. The van der Waals surface area contributed by atoms with Gasteiger partial charge in [-0.15, -0.1) is 11.3 Å². The number of thiophene rings is 1. The molecular weight excluding hydrogens is 397 g/mol. The molecule has 0 bridgehead atoms. The van der Waals surface area contributed by atoms with E-state index in [2.05, 4.69) is 56.2 Å². The predicted molar refractivity (Wildman–Crippen MR) is 86.7 cm³/mol. The summed E-state index contributed by atoms with van der Waals surface area (Å²) in [6, 6.07) is 10.3. The molecule has 1 atom stereocenters. The van der Waals surface area contributed by atoms with E-state index in [0.717, 1.165) is 19.8 Å². The zero-order valence-corrected chi connectivity index (χ0v) is 14.5. The molecule has 0 aliphatic heterocycles. The van der Waals surface area contributed by atoms with Gasteiger partial charge in [-0.05, 0) is 62.2 Å². The van der Waals surface area contributed by atoms with Crippen molar-refractivity contribution in [3.05, 3.63) is 54.1 Å². The third-order valence-corrected chi connectivity index (χ3v) is 6.10. The summed E-state index contributed by atoms with van der Waals surface area (Å²) in [5.74, 6) is 0. The van der Waals surface area contributed by atoms with E-state index in [1.165, 1.54) is 10.4 Å². The molecule has 0 aliphatic rings. The van der Waals surface area contributed by atoms with E-state index in [-0.39, 0.29) is 6.04 Å². The summed E-state index contributed by atoms with van der Waals surface area (Å²) in [5.41, 5.74) is 1.19. The first-order valence-corrected chi connectivity index (χ1v) is 8.33. The normalized spacial score (nSPS) is 12.7. The van der Waals surface area contributed by atoms with Gasteiger partial charge < -0.3 is 5.32 Å². The fourth-order valence-electron chi connectivity index (χ4n) is 1.78. The van der Waals surface area contributed by atoms with Gasteiger partial charge in [-0.1, -0.05) is 30.7 Å². The van der Waals surface area contributed by atoms with Gasteiger partial charge in [-0.3, -0.25) is 0 Å². The van der Waals surface area contributed by atoms with Crippen LogP contribution in [-0.4, -0.2) is 6.54 Å². The zero-order chi connectivity index (χ0) is 13.1. The molecule has 0 saturated carbocycles. The second kappa shape index (κ2) is 6.53. The van der Waals surface area contributed by atoms with Crippen molar-refractivity contribution in [2.45, 2.75) is 13.0 Å². The average molecular weight is 410 g/mol. The highest BCUT2D eigenvalue weighted by molar-refractivity contribution is 9.13. The van der Waals surface area contributed by atoms with Crippen LogP contribution < -0.4 is 5.32 Å². The van der Waals surface area contributed by atoms with Crippen molar-refractivity contribution in [2.24, 2.45) is 0 Å². The summed E-state index contributed by atoms with van der Waals surface area (Å²) in [5, 5.41) is 4.26. The van der Waals surface area contributed by atoms with Gasteiger partial charge in [-0.25, -0.2) is 0 Å². The quantitative estimate of drug-likeness (QED) is 0.690. The number of halogens is 3. The van der Waals surface area contributed by atoms with Gasteiger partial charge in [0.2, 0.25) is 0 Å². The first-order chi connectivity index (χ1) is 8.61. The van der Waals surface area contributed by atoms with Crippen LogP contribution in [0.15, 0.2) is 38.6 Å². The maximum absolute atomic E-state index is 6.07. The molecule has 0 aliphatic carbocycles. The van der Waals surface area contributed by atoms with E-state index >= 15 is 0 Å². The van der Waals surface area contributed by atoms with E-state index in [0.29, 0.717) is 0 Å². The number of nitrogens with one attached hydrogen (secondary N) is 1. The first kappa shape index (κ1) is 14.5. The van der Waals surface area contributed by atoms with Gasteiger partial charge in [0, 0.05) is 14.4 Å². The minimum atomic E-state index is 0.182. The van der Waals surface area contributed by atoms with Gasteiger partial charge >= 0.3 is 0 Å². The molecule has 18 heavy (non-hydrogen) atoms. The third kappa shape index (κ3) is 3.36. The fraction of sp³-hybridized carbons (Fsp3) is 0.231. The van der Waals surface area contributed by atoms with Crippen LogP contribution in [0.4, 0.5) is 0 Å². The number of hydrogen-bond donors (Lipinski definition) is 1. The van der Waals surface area contributed by atoms with Crippen molar-refractivity contribution < 1.29 is 0 Å². The van der Waals surface area contributed by atoms with Crippen LogP contribution in [-0.2, 0) is 0 Å². The lowest BCUT2D eigenvalue weighted by atomic mass is 10.1. The Balaban J connectivity index is 2.39. The molecule has 0 radical (unpaired) electrons. The van der Waals surface area contributed by atoms with Gasteiger partial charge in [0.05, 0.1) is 9.83 Å². The van der Waals surface area contributed by atoms with Crippen LogP contribution in [0.2, 0.25) is 5.02 Å². The van der Waals surface area contributed by atoms with Crippen molar-refractivity contribution in [2.75, 3.05) is 6.54 Å². The van der Waals surface area contributed by atoms with Crippen LogP contribution >= 0.6 is 54.8 Å². The van der Waals surface area contributed by atoms with E-state index < -0.39 is 0 Å². The summed E-state index contributed by atoms with van der Waals surface area (Å²) in [6.45, 7) is 3.01. The molecule has 1 N–H and O–H groups in total. The topological polar surface area (TPSA) is 12.0 Å². The highest BCUT2D eigenvalue weighted by Gasteiger charge is 2.17. The van der Waals surface area contributed by atoms with Crippen molar-refractivity contribution in [1.82, 2.24) is 5.32 Å². The molecule has 96 valence electrons. The van der Waals surface area contributed by atoms with E-state index in [4.69, 9.17) is 11.6 Å². The van der Waals surface area contributed by atoms with Gasteiger partial charge in [0.15, 0.2) is 0 Å². The smallest absolute Gasteiger partial charge is 0.0843 e. The van der Waals surface area contributed by atoms with Crippen LogP contribution in [0.1, 0.15) is 23.4 Å². The molecule has 1 heterocycles. The molecule has 1 aromatic carbocycles. The average Bonchev–Trinajstić information content (AvgIpc) is 2.66. The Morgan fingerprint density at radius 3 is 2.67 bits per heavy atom. The molecule has 0 fully saturated rings. The second-order valence-electron chi connectivity index (χ2n) is 3.82. The van der Waals surface area contributed by atoms with Crippen LogP contribution in [0.5, 0.6) is 0 Å². The minimum absolute atomic E-state index is 0.182. The Morgan fingerprint density at radius 2 is 2.11 bits per heavy atom. The molecule has 0 saturated heterocycles. The van der Waals surface area contributed by atoms with Crippen LogP contribution in [0.3, 0.4) is 0 Å². The fourth-order valence-corrected chi connectivity index (χ4v) is 4.17. The van der Waals surface area contributed by atoms with Gasteiger partial charge in [0.1, 0.15) is 0 Å². The van der Waals surface area contributed by atoms with Crippen LogP contribution in [0.25, 0.3) is 0 Å². The van der Waals surface area contributed by atoms with Gasteiger partial charge in [0.25, 0.3) is 0 Å². The molecule has 0 amide bonds. The summed E-state index contributed by atoms with van der Waals surface area (Å²) >= 11 is 14.9. The Morgan fingerprint density at radius 1 is 1.33 bits per heavy atom. The molecule has 1 nitrogen and oxygen atoms in total. The monoisotopic (exact) mass is 407 g/mol. The second-order valence-corrected chi connectivity index (χ2v) is 7.51. The predicted octanol–water partition coefficient (Wildman–Crippen LogP) is 5.63. The molecular formula is C13H12Br2ClNS. The molecule has 2 rings (SSSR count). The molecule has 1 aromatic heterocycles. The minimum Gasteiger partial charge on any atom is -0.306 e. The Hall–Kier alpha value is 0.130. The first-order valence-electron chi connectivity index (χ1n) is 5.55. The van der Waals surface area contributed by atoms with E-state index in [1.807, 2.05) is 18.2 Å². The molecule has 1 unspecified atom stereocenters. The molecule has 5 heteroatoms. The Bertz CT molecular complexity index is 522. The van der Waals surface area contributed by atoms with Crippen molar-refractivity contribution in [3.8, 4) is 0 Å². The lowest BCUT2D eigenvalue weighted by Crippen LogP contribution is -2.20. The zero-order valence-electron chi connectivity index (χ0n) is 9.71. The summed E-state index contributed by atoms with van der Waals surface area (Å²) in [7, 11) is 0. The Labute approximate surface area is 133 Å².